The molecule has 35 heavy (non-hydrogen) atoms. The number of alkyl halides is 2. The fourth-order valence-corrected chi connectivity index (χ4v) is 4.27. The van der Waals surface area contributed by atoms with Crippen molar-refractivity contribution in [1.82, 2.24) is 4.57 Å². The van der Waals surface area contributed by atoms with E-state index in [4.69, 9.17) is 9.47 Å². The van der Waals surface area contributed by atoms with Crippen LogP contribution in [0.25, 0.3) is 10.2 Å². The van der Waals surface area contributed by atoms with Gasteiger partial charge in [-0.3, -0.25) is 9.59 Å². The van der Waals surface area contributed by atoms with Gasteiger partial charge in [-0.2, -0.15) is 9.56 Å². The quantitative estimate of drug-likeness (QED) is 0.333. The molecule has 0 fully saturated rings. The highest BCUT2D eigenvalue weighted by molar-refractivity contribution is 7.16. The molecule has 188 valence electrons. The van der Waals surface area contributed by atoms with E-state index in [-0.39, 0.29) is 30.2 Å². The van der Waals surface area contributed by atoms with E-state index >= 15 is 0 Å². The summed E-state index contributed by atoms with van der Waals surface area (Å²) >= 11 is 1.29. The predicted molar refractivity (Wildman–Crippen MR) is 125 cm³/mol. The average Bonchev–Trinajstić information content (AvgIpc) is 3.15. The molecule has 0 aliphatic carbocycles. The van der Waals surface area contributed by atoms with Crippen molar-refractivity contribution in [3.8, 4) is 5.75 Å². The van der Waals surface area contributed by atoms with Crippen molar-refractivity contribution in [2.24, 2.45) is 4.99 Å². The first kappa shape index (κ1) is 26.4. The van der Waals surface area contributed by atoms with Gasteiger partial charge in [0.1, 0.15) is 17.9 Å². The molecule has 1 N–H and O–H groups in total. The summed E-state index contributed by atoms with van der Waals surface area (Å²) < 4.78 is 41.6. The van der Waals surface area contributed by atoms with E-state index in [9.17, 15) is 23.5 Å². The molecule has 1 aromatic carbocycles. The third-order valence-electron chi connectivity index (χ3n) is 5.00. The Labute approximate surface area is 205 Å². The Morgan fingerprint density at radius 1 is 1.29 bits per heavy atom. The van der Waals surface area contributed by atoms with E-state index in [2.05, 4.69) is 4.99 Å². The minimum atomic E-state index is -2.76. The minimum Gasteiger partial charge on any atom is -0.490 e. The first-order valence-electron chi connectivity index (χ1n) is 11.2. The molecule has 0 saturated carbocycles. The third-order valence-corrected chi connectivity index (χ3v) is 6.06. The number of benzene rings is 1. The zero-order valence-electron chi connectivity index (χ0n) is 19.7. The number of hydrogen-bond donors (Lipinski definition) is 1. The molecule has 0 aliphatic rings. The second-order valence-electron chi connectivity index (χ2n) is 8.00. The van der Waals surface area contributed by atoms with E-state index in [0.29, 0.717) is 11.3 Å². The number of halogens is 2. The molecule has 3 rings (SSSR count). The molecule has 3 aromatic rings. The average molecular weight is 509 g/mol. The van der Waals surface area contributed by atoms with E-state index in [1.807, 2.05) is 23.8 Å². The number of aliphatic hydroxyl groups is 1. The first-order valence-corrected chi connectivity index (χ1v) is 12.0. The van der Waals surface area contributed by atoms with E-state index in [0.717, 1.165) is 29.1 Å². The maximum Gasteiger partial charge on any atom is 0.307 e. The second-order valence-corrected chi connectivity index (χ2v) is 9.01. The van der Waals surface area contributed by atoms with Crippen molar-refractivity contribution in [2.75, 3.05) is 6.61 Å². The Morgan fingerprint density at radius 2 is 2.06 bits per heavy atom. The van der Waals surface area contributed by atoms with Crippen molar-refractivity contribution in [3.63, 3.8) is 0 Å². The van der Waals surface area contributed by atoms with Crippen molar-refractivity contribution in [2.45, 2.75) is 59.4 Å². The summed E-state index contributed by atoms with van der Waals surface area (Å²) in [5.74, 6) is -1.05. The Balaban J connectivity index is 2.08. The number of unbranched alkanes of at least 4 members (excludes halogenated alkanes) is 1. The molecule has 0 saturated heterocycles. The number of aryl methyl sites for hydroxylation is 1. The number of esters is 1. The number of ether oxygens (including phenoxy) is 2. The molecule has 1 amide bonds. The Hall–Kier alpha value is -3.18. The summed E-state index contributed by atoms with van der Waals surface area (Å²) in [6.45, 7) is 5.42. The lowest BCUT2D eigenvalue weighted by Crippen LogP contribution is -2.35. The molecule has 0 radical (unpaired) electrons. The molecule has 11 heteroatoms. The lowest BCUT2D eigenvalue weighted by atomic mass is 10.1. The van der Waals surface area contributed by atoms with Gasteiger partial charge in [-0.1, -0.05) is 24.7 Å². The van der Waals surface area contributed by atoms with Gasteiger partial charge in [0.05, 0.1) is 16.4 Å². The van der Waals surface area contributed by atoms with Gasteiger partial charge in [0.2, 0.25) is 0 Å². The lowest BCUT2D eigenvalue weighted by molar-refractivity contribution is -0.726. The molecule has 0 spiro atoms. The Kier molecular flexibility index (Phi) is 9.05. The SMILES string of the molecule is CCCCn1/c(=N/C(=O)c2cc(C(F)F)ccc2OC[C@H](C)O)sc2cc[n+](COC(C)=O)cc21. The summed E-state index contributed by atoms with van der Waals surface area (Å²) in [6, 6.07) is 5.39. The van der Waals surface area contributed by atoms with E-state index < -0.39 is 24.4 Å². The number of hydrogen-bond acceptors (Lipinski definition) is 6. The van der Waals surface area contributed by atoms with Crippen LogP contribution in [0.1, 0.15) is 56.0 Å². The number of nitrogens with zero attached hydrogens (tertiary/aromatic N) is 3. The molecule has 2 heterocycles. The number of fused-ring (bicyclic) bond motifs is 1. The van der Waals surface area contributed by atoms with Gasteiger partial charge in [0.25, 0.3) is 19.1 Å². The van der Waals surface area contributed by atoms with Crippen LogP contribution in [0, 0.1) is 0 Å². The first-order chi connectivity index (χ1) is 16.7. The highest BCUT2D eigenvalue weighted by atomic mass is 32.1. The normalized spacial score (nSPS) is 12.8. The monoisotopic (exact) mass is 508 g/mol. The molecule has 8 nitrogen and oxygen atoms in total. The van der Waals surface area contributed by atoms with Crippen LogP contribution in [-0.2, 0) is 22.8 Å². The summed E-state index contributed by atoms with van der Waals surface area (Å²) in [6.07, 6.45) is 1.73. The van der Waals surface area contributed by atoms with Crippen LogP contribution >= 0.6 is 11.3 Å². The minimum absolute atomic E-state index is 0.0463. The molecule has 2 aromatic heterocycles. The van der Waals surface area contributed by atoms with Gasteiger partial charge in [0, 0.05) is 25.1 Å². The zero-order valence-corrected chi connectivity index (χ0v) is 20.6. The van der Waals surface area contributed by atoms with Crippen LogP contribution in [0.5, 0.6) is 5.75 Å². The largest absolute Gasteiger partial charge is 0.490 e. The molecular formula is C24H28F2N3O5S+. The maximum atomic E-state index is 13.3. The van der Waals surface area contributed by atoms with Gasteiger partial charge >= 0.3 is 5.97 Å². The molecular weight excluding hydrogens is 480 g/mol. The summed E-state index contributed by atoms with van der Waals surface area (Å²) in [5, 5.41) is 9.53. The number of rotatable bonds is 10. The summed E-state index contributed by atoms with van der Waals surface area (Å²) in [7, 11) is 0. The zero-order chi connectivity index (χ0) is 25.5. The molecule has 0 bridgehead atoms. The smallest absolute Gasteiger partial charge is 0.307 e. The number of carbonyl (C=O) groups is 2. The van der Waals surface area contributed by atoms with Crippen LogP contribution in [0.15, 0.2) is 41.7 Å². The number of amides is 1. The number of aliphatic hydroxyl groups excluding tert-OH is 1. The number of pyridine rings is 1. The van der Waals surface area contributed by atoms with Crippen molar-refractivity contribution in [3.05, 3.63) is 52.6 Å². The second kappa shape index (κ2) is 12.0. The van der Waals surface area contributed by atoms with Gasteiger partial charge in [-0.25, -0.2) is 8.78 Å². The molecule has 0 unspecified atom stereocenters. The van der Waals surface area contributed by atoms with Gasteiger partial charge < -0.3 is 19.1 Å². The number of carbonyl (C=O) groups excluding carboxylic acids is 2. The molecule has 1 atom stereocenters. The van der Waals surface area contributed by atoms with Crippen LogP contribution in [0.2, 0.25) is 0 Å². The van der Waals surface area contributed by atoms with Crippen LogP contribution < -0.4 is 14.1 Å². The topological polar surface area (TPSA) is 94.0 Å². The predicted octanol–water partition coefficient (Wildman–Crippen LogP) is 3.75. The van der Waals surface area contributed by atoms with Crippen molar-refractivity contribution < 1.29 is 37.5 Å². The van der Waals surface area contributed by atoms with Gasteiger partial charge in [0.15, 0.2) is 17.2 Å². The summed E-state index contributed by atoms with van der Waals surface area (Å²) in [4.78, 5) is 29.0. The Morgan fingerprint density at radius 3 is 2.71 bits per heavy atom. The van der Waals surface area contributed by atoms with Gasteiger partial charge in [-0.15, -0.1) is 0 Å². The fourth-order valence-electron chi connectivity index (χ4n) is 3.25. The summed E-state index contributed by atoms with van der Waals surface area (Å²) in [5.41, 5.74) is 0.374. The van der Waals surface area contributed by atoms with E-state index in [1.165, 1.54) is 37.3 Å². The highest BCUT2D eigenvalue weighted by Crippen LogP contribution is 2.27. The number of aromatic nitrogens is 2. The molecule has 0 aliphatic heterocycles. The standard InChI is InChI=1S/C24H28F2N3O5S/c1-4-5-9-29-19-12-28(14-34-16(3)31)10-8-21(19)35-24(29)27-23(32)18-11-17(22(25)26)6-7-20(18)33-13-15(2)30/h6-8,10-12,15,22,30H,4-5,9,13-14H2,1-3H3/q+1/b27-24-/t15-/m0/s1. The maximum absolute atomic E-state index is 13.3. The fraction of sp³-hybridized carbons (Fsp3) is 0.417. The van der Waals surface area contributed by atoms with Crippen molar-refractivity contribution >= 4 is 33.4 Å². The highest BCUT2D eigenvalue weighted by Gasteiger charge is 2.19. The van der Waals surface area contributed by atoms with Crippen LogP contribution in [-0.4, -0.2) is 34.3 Å². The Bertz CT molecular complexity index is 1270. The number of thiazole rings is 1. The van der Waals surface area contributed by atoms with Gasteiger partial charge in [-0.05, 0) is 31.5 Å². The van der Waals surface area contributed by atoms with Crippen LogP contribution in [0.3, 0.4) is 0 Å². The van der Waals surface area contributed by atoms with E-state index in [1.54, 1.807) is 10.8 Å². The third kappa shape index (κ3) is 6.92. The lowest BCUT2D eigenvalue weighted by Gasteiger charge is -2.12. The van der Waals surface area contributed by atoms with Crippen molar-refractivity contribution in [1.29, 1.82) is 0 Å². The van der Waals surface area contributed by atoms with Crippen LogP contribution in [0.4, 0.5) is 8.78 Å².